The van der Waals surface area contributed by atoms with Crippen LogP contribution in [0.5, 0.6) is 0 Å². The molecular formula is C16H24N2O2. The van der Waals surface area contributed by atoms with E-state index in [9.17, 15) is 4.79 Å². The molecule has 0 unspecified atom stereocenters. The third-order valence-electron chi connectivity index (χ3n) is 3.98. The molecule has 1 N–H and O–H groups in total. The van der Waals surface area contributed by atoms with Crippen molar-refractivity contribution in [3.8, 4) is 0 Å². The normalized spacial score (nSPS) is 22.3. The summed E-state index contributed by atoms with van der Waals surface area (Å²) in [6.07, 6.45) is 6.84. The molecule has 20 heavy (non-hydrogen) atoms. The minimum atomic E-state index is -0.312. The Balaban J connectivity index is 1.80. The van der Waals surface area contributed by atoms with Crippen molar-refractivity contribution in [2.24, 2.45) is 11.8 Å². The zero-order valence-electron chi connectivity index (χ0n) is 12.4. The number of hydrogen-bond acceptors (Lipinski definition) is 4. The van der Waals surface area contributed by atoms with E-state index < -0.39 is 0 Å². The number of aromatic nitrogens is 1. The minimum absolute atomic E-state index is 0.312. The molecule has 4 heteroatoms. The number of hydrogen-bond donors (Lipinski definition) is 1. The SMILES string of the molecule is CCOC(=O)c1ccc(NCC2CCC(C)CC2)nc1. The Labute approximate surface area is 120 Å². The monoisotopic (exact) mass is 276 g/mol. The molecule has 1 aromatic heterocycles. The van der Waals surface area contributed by atoms with Crippen molar-refractivity contribution >= 4 is 11.8 Å². The van der Waals surface area contributed by atoms with Gasteiger partial charge in [-0.25, -0.2) is 9.78 Å². The Kier molecular flexibility index (Phi) is 5.39. The van der Waals surface area contributed by atoms with Crippen LogP contribution >= 0.6 is 0 Å². The number of carbonyl (C=O) groups is 1. The summed E-state index contributed by atoms with van der Waals surface area (Å²) in [4.78, 5) is 15.8. The Hall–Kier alpha value is -1.58. The lowest BCUT2D eigenvalue weighted by Crippen LogP contribution is -2.20. The van der Waals surface area contributed by atoms with Crippen LogP contribution < -0.4 is 5.32 Å². The molecule has 1 saturated carbocycles. The molecular weight excluding hydrogens is 252 g/mol. The zero-order valence-corrected chi connectivity index (χ0v) is 12.4. The maximum Gasteiger partial charge on any atom is 0.339 e. The lowest BCUT2D eigenvalue weighted by atomic mass is 9.83. The molecule has 110 valence electrons. The van der Waals surface area contributed by atoms with Gasteiger partial charge in [0.15, 0.2) is 0 Å². The van der Waals surface area contributed by atoms with Crippen LogP contribution in [0.1, 0.15) is 49.9 Å². The first-order valence-electron chi connectivity index (χ1n) is 7.56. The van der Waals surface area contributed by atoms with Crippen LogP contribution in [0.2, 0.25) is 0 Å². The molecule has 1 aliphatic carbocycles. The van der Waals surface area contributed by atoms with Crippen molar-refractivity contribution in [2.75, 3.05) is 18.5 Å². The van der Waals surface area contributed by atoms with Crippen LogP contribution in [0.15, 0.2) is 18.3 Å². The van der Waals surface area contributed by atoms with Gasteiger partial charge in [0.2, 0.25) is 0 Å². The summed E-state index contributed by atoms with van der Waals surface area (Å²) in [6.45, 7) is 5.49. The van der Waals surface area contributed by atoms with Crippen molar-refractivity contribution in [2.45, 2.75) is 39.5 Å². The van der Waals surface area contributed by atoms with Gasteiger partial charge in [0.25, 0.3) is 0 Å². The van der Waals surface area contributed by atoms with Crippen LogP contribution in [0.4, 0.5) is 5.82 Å². The standard InChI is InChI=1S/C16H24N2O2/c1-3-20-16(19)14-8-9-15(18-11-14)17-10-13-6-4-12(2)5-7-13/h8-9,11-13H,3-7,10H2,1-2H3,(H,17,18). The summed E-state index contributed by atoms with van der Waals surface area (Å²) in [5.74, 6) is 2.15. The summed E-state index contributed by atoms with van der Waals surface area (Å²) in [5.41, 5.74) is 0.504. The molecule has 1 fully saturated rings. The van der Waals surface area contributed by atoms with Gasteiger partial charge in [0.1, 0.15) is 5.82 Å². The van der Waals surface area contributed by atoms with E-state index >= 15 is 0 Å². The average molecular weight is 276 g/mol. The molecule has 0 aliphatic heterocycles. The van der Waals surface area contributed by atoms with E-state index in [4.69, 9.17) is 4.74 Å². The number of anilines is 1. The molecule has 0 spiro atoms. The Bertz CT molecular complexity index is 423. The number of carbonyl (C=O) groups excluding carboxylic acids is 1. The maximum absolute atomic E-state index is 11.5. The summed E-state index contributed by atoms with van der Waals surface area (Å²) in [5, 5.41) is 3.36. The first-order chi connectivity index (χ1) is 9.69. The van der Waals surface area contributed by atoms with Crippen molar-refractivity contribution in [1.29, 1.82) is 0 Å². The quantitative estimate of drug-likeness (QED) is 0.836. The van der Waals surface area contributed by atoms with Gasteiger partial charge in [-0.2, -0.15) is 0 Å². The Morgan fingerprint density at radius 1 is 1.35 bits per heavy atom. The van der Waals surface area contributed by atoms with E-state index in [1.807, 2.05) is 6.07 Å². The molecule has 0 amide bonds. The second kappa shape index (κ2) is 7.27. The fourth-order valence-electron chi connectivity index (χ4n) is 2.62. The molecule has 0 bridgehead atoms. The van der Waals surface area contributed by atoms with Gasteiger partial charge in [0, 0.05) is 12.7 Å². The summed E-state index contributed by atoms with van der Waals surface area (Å²) >= 11 is 0. The van der Waals surface area contributed by atoms with Gasteiger partial charge in [-0.1, -0.05) is 19.8 Å². The summed E-state index contributed by atoms with van der Waals surface area (Å²) in [6, 6.07) is 3.61. The third-order valence-corrected chi connectivity index (χ3v) is 3.98. The van der Waals surface area contributed by atoms with Gasteiger partial charge < -0.3 is 10.1 Å². The van der Waals surface area contributed by atoms with Gasteiger partial charge in [-0.3, -0.25) is 0 Å². The fraction of sp³-hybridized carbons (Fsp3) is 0.625. The Morgan fingerprint density at radius 3 is 2.70 bits per heavy atom. The van der Waals surface area contributed by atoms with E-state index in [-0.39, 0.29) is 5.97 Å². The second-order valence-electron chi connectivity index (χ2n) is 5.66. The maximum atomic E-state index is 11.5. The highest BCUT2D eigenvalue weighted by molar-refractivity contribution is 5.89. The van der Waals surface area contributed by atoms with E-state index in [1.165, 1.54) is 25.7 Å². The molecule has 0 aromatic carbocycles. The fourth-order valence-corrected chi connectivity index (χ4v) is 2.62. The number of pyridine rings is 1. The minimum Gasteiger partial charge on any atom is -0.462 e. The molecule has 2 rings (SSSR count). The predicted octanol–water partition coefficient (Wildman–Crippen LogP) is 3.50. The van der Waals surface area contributed by atoms with Gasteiger partial charge in [-0.05, 0) is 43.7 Å². The number of rotatable bonds is 5. The number of nitrogens with zero attached hydrogens (tertiary/aromatic N) is 1. The van der Waals surface area contributed by atoms with Crippen LogP contribution in [0, 0.1) is 11.8 Å². The number of ether oxygens (including phenoxy) is 1. The van der Waals surface area contributed by atoms with Crippen molar-refractivity contribution in [1.82, 2.24) is 4.98 Å². The van der Waals surface area contributed by atoms with Gasteiger partial charge in [0.05, 0.1) is 12.2 Å². The molecule has 1 aromatic rings. The highest BCUT2D eigenvalue weighted by Gasteiger charge is 2.17. The molecule has 1 aliphatic rings. The zero-order chi connectivity index (χ0) is 14.4. The number of nitrogens with one attached hydrogen (secondary N) is 1. The molecule has 4 nitrogen and oxygen atoms in total. The second-order valence-corrected chi connectivity index (χ2v) is 5.66. The topological polar surface area (TPSA) is 51.2 Å². The van der Waals surface area contributed by atoms with E-state index in [1.54, 1.807) is 19.2 Å². The smallest absolute Gasteiger partial charge is 0.339 e. The van der Waals surface area contributed by atoms with Crippen molar-refractivity contribution in [3.05, 3.63) is 23.9 Å². The lowest BCUT2D eigenvalue weighted by molar-refractivity contribution is 0.0526. The van der Waals surface area contributed by atoms with Crippen LogP contribution in [-0.4, -0.2) is 24.1 Å². The lowest BCUT2D eigenvalue weighted by Gasteiger charge is -2.26. The van der Waals surface area contributed by atoms with Crippen LogP contribution in [-0.2, 0) is 4.74 Å². The molecule has 0 saturated heterocycles. The first kappa shape index (κ1) is 14.8. The first-order valence-corrected chi connectivity index (χ1v) is 7.56. The van der Waals surface area contributed by atoms with Crippen molar-refractivity contribution < 1.29 is 9.53 Å². The van der Waals surface area contributed by atoms with E-state index in [0.29, 0.717) is 12.2 Å². The van der Waals surface area contributed by atoms with E-state index in [0.717, 1.165) is 24.2 Å². The summed E-state index contributed by atoms with van der Waals surface area (Å²) in [7, 11) is 0. The molecule has 0 atom stereocenters. The van der Waals surface area contributed by atoms with Crippen molar-refractivity contribution in [3.63, 3.8) is 0 Å². The summed E-state index contributed by atoms with van der Waals surface area (Å²) < 4.78 is 4.93. The van der Waals surface area contributed by atoms with Crippen LogP contribution in [0.3, 0.4) is 0 Å². The van der Waals surface area contributed by atoms with Gasteiger partial charge in [-0.15, -0.1) is 0 Å². The van der Waals surface area contributed by atoms with Crippen LogP contribution in [0.25, 0.3) is 0 Å². The average Bonchev–Trinajstić information content (AvgIpc) is 2.47. The largest absolute Gasteiger partial charge is 0.462 e. The molecule has 1 heterocycles. The highest BCUT2D eigenvalue weighted by Crippen LogP contribution is 2.28. The Morgan fingerprint density at radius 2 is 2.10 bits per heavy atom. The molecule has 0 radical (unpaired) electrons. The highest BCUT2D eigenvalue weighted by atomic mass is 16.5. The van der Waals surface area contributed by atoms with E-state index in [2.05, 4.69) is 17.2 Å². The van der Waals surface area contributed by atoms with Gasteiger partial charge >= 0.3 is 5.97 Å². The predicted molar refractivity (Wildman–Crippen MR) is 79.8 cm³/mol. The number of esters is 1. The third kappa shape index (κ3) is 4.22.